The van der Waals surface area contributed by atoms with Gasteiger partial charge < -0.3 is 10.1 Å². The molecule has 0 saturated carbocycles. The van der Waals surface area contributed by atoms with Crippen molar-refractivity contribution in [1.29, 1.82) is 0 Å². The van der Waals surface area contributed by atoms with Gasteiger partial charge in [-0.25, -0.2) is 4.98 Å². The van der Waals surface area contributed by atoms with Crippen molar-refractivity contribution >= 4 is 49.9 Å². The molecule has 0 bridgehead atoms. The third-order valence-electron chi connectivity index (χ3n) is 4.15. The number of anilines is 1. The first-order valence-electron chi connectivity index (χ1n) is 9.33. The van der Waals surface area contributed by atoms with Crippen molar-refractivity contribution in [3.8, 4) is 5.75 Å². The summed E-state index contributed by atoms with van der Waals surface area (Å²) in [5.41, 5.74) is 2.75. The molecule has 0 saturated heterocycles. The third kappa shape index (κ3) is 5.27. The zero-order chi connectivity index (χ0) is 19.9. The summed E-state index contributed by atoms with van der Waals surface area (Å²) in [6.07, 6.45) is 3.43. The van der Waals surface area contributed by atoms with Gasteiger partial charge in [0.1, 0.15) is 5.75 Å². The number of aromatic nitrogens is 1. The molecule has 2 aromatic carbocycles. The molecule has 0 spiro atoms. The third-order valence-corrected chi connectivity index (χ3v) is 5.28. The molecule has 1 aromatic heterocycles. The smallest absolute Gasteiger partial charge is 0.257 e. The lowest BCUT2D eigenvalue weighted by molar-refractivity contribution is 0.0977. The van der Waals surface area contributed by atoms with Gasteiger partial charge in [0.15, 0.2) is 10.2 Å². The fourth-order valence-electron chi connectivity index (χ4n) is 2.73. The van der Waals surface area contributed by atoms with E-state index in [9.17, 15) is 4.79 Å². The highest BCUT2D eigenvalue weighted by molar-refractivity contribution is 7.80. The highest BCUT2D eigenvalue weighted by Crippen LogP contribution is 2.27. The summed E-state index contributed by atoms with van der Waals surface area (Å²) in [5, 5.41) is 6.59. The van der Waals surface area contributed by atoms with Crippen molar-refractivity contribution in [2.75, 3.05) is 11.9 Å². The van der Waals surface area contributed by atoms with Crippen LogP contribution >= 0.6 is 23.6 Å². The molecule has 28 heavy (non-hydrogen) atoms. The first-order chi connectivity index (χ1) is 13.6. The summed E-state index contributed by atoms with van der Waals surface area (Å²) in [6.45, 7) is 4.69. The summed E-state index contributed by atoms with van der Waals surface area (Å²) in [4.78, 5) is 16.9. The van der Waals surface area contributed by atoms with Gasteiger partial charge in [-0.3, -0.25) is 10.1 Å². The average Bonchev–Trinajstić information content (AvgIpc) is 3.08. The number of hydrogen-bond acceptors (Lipinski definition) is 5. The Kier molecular flexibility index (Phi) is 6.95. The molecule has 1 amide bonds. The van der Waals surface area contributed by atoms with Gasteiger partial charge in [0, 0.05) is 5.56 Å². The number of nitrogens with zero attached hydrogens (tertiary/aromatic N) is 1. The van der Waals surface area contributed by atoms with Crippen LogP contribution in [0.5, 0.6) is 5.75 Å². The van der Waals surface area contributed by atoms with Crippen LogP contribution < -0.4 is 15.4 Å². The Bertz CT molecular complexity index is 967. The number of amides is 1. The Balaban J connectivity index is 1.61. The van der Waals surface area contributed by atoms with Crippen molar-refractivity contribution in [2.24, 2.45) is 0 Å². The number of thiazole rings is 1. The van der Waals surface area contributed by atoms with E-state index in [0.717, 1.165) is 22.4 Å². The van der Waals surface area contributed by atoms with E-state index in [2.05, 4.69) is 34.7 Å². The van der Waals surface area contributed by atoms with Crippen molar-refractivity contribution < 1.29 is 9.53 Å². The molecule has 0 atom stereocenters. The van der Waals surface area contributed by atoms with E-state index < -0.39 is 0 Å². The van der Waals surface area contributed by atoms with Gasteiger partial charge in [0.2, 0.25) is 0 Å². The lowest BCUT2D eigenvalue weighted by Crippen LogP contribution is -2.34. The SMILES string of the molecule is CCCCc1ccc2nc(NC(=S)NC(=O)c3ccc(OCC)cc3)sc2c1. The number of benzene rings is 2. The number of thiocarbonyl (C=S) groups is 1. The molecule has 0 unspecified atom stereocenters. The van der Waals surface area contributed by atoms with Gasteiger partial charge in [0.05, 0.1) is 16.8 Å². The van der Waals surface area contributed by atoms with Crippen LogP contribution in [-0.4, -0.2) is 22.6 Å². The van der Waals surface area contributed by atoms with E-state index in [1.807, 2.05) is 13.0 Å². The highest BCUT2D eigenvalue weighted by atomic mass is 32.1. The number of fused-ring (bicyclic) bond motifs is 1. The van der Waals surface area contributed by atoms with Crippen LogP contribution in [0.4, 0.5) is 5.13 Å². The number of aryl methyl sites for hydroxylation is 1. The fraction of sp³-hybridized carbons (Fsp3) is 0.286. The van der Waals surface area contributed by atoms with E-state index in [0.29, 0.717) is 17.3 Å². The molecule has 3 aromatic rings. The molecule has 0 fully saturated rings. The number of unbranched alkanes of at least 4 members (excludes halogenated alkanes) is 1. The summed E-state index contributed by atoms with van der Waals surface area (Å²) < 4.78 is 6.49. The van der Waals surface area contributed by atoms with E-state index in [-0.39, 0.29) is 11.0 Å². The average molecular weight is 414 g/mol. The number of carbonyl (C=O) groups is 1. The maximum Gasteiger partial charge on any atom is 0.257 e. The molecular formula is C21H23N3O2S2. The topological polar surface area (TPSA) is 63.2 Å². The molecular weight excluding hydrogens is 390 g/mol. The van der Waals surface area contributed by atoms with Crippen LogP contribution in [0.2, 0.25) is 0 Å². The maximum absolute atomic E-state index is 12.3. The molecule has 3 rings (SSSR count). The van der Waals surface area contributed by atoms with Gasteiger partial charge in [-0.2, -0.15) is 0 Å². The highest BCUT2D eigenvalue weighted by Gasteiger charge is 2.11. The predicted molar refractivity (Wildman–Crippen MR) is 120 cm³/mol. The van der Waals surface area contributed by atoms with Crippen molar-refractivity contribution in [2.45, 2.75) is 33.1 Å². The molecule has 2 N–H and O–H groups in total. The second-order valence-electron chi connectivity index (χ2n) is 6.29. The fourth-order valence-corrected chi connectivity index (χ4v) is 3.92. The number of rotatable bonds is 7. The zero-order valence-corrected chi connectivity index (χ0v) is 17.6. The molecule has 0 aliphatic carbocycles. The number of carbonyl (C=O) groups excluding carboxylic acids is 1. The second kappa shape index (κ2) is 9.61. The number of hydrogen-bond donors (Lipinski definition) is 2. The lowest BCUT2D eigenvalue weighted by Gasteiger charge is -2.08. The molecule has 1 heterocycles. The monoisotopic (exact) mass is 413 g/mol. The van der Waals surface area contributed by atoms with Crippen LogP contribution in [0.25, 0.3) is 10.2 Å². The summed E-state index contributed by atoms with van der Waals surface area (Å²) in [6, 6.07) is 13.3. The van der Waals surface area contributed by atoms with E-state index in [4.69, 9.17) is 17.0 Å². The van der Waals surface area contributed by atoms with Gasteiger partial charge in [0.25, 0.3) is 5.91 Å². The lowest BCUT2D eigenvalue weighted by atomic mass is 10.1. The van der Waals surface area contributed by atoms with Crippen LogP contribution in [0.3, 0.4) is 0 Å². The quantitative estimate of drug-likeness (QED) is 0.524. The van der Waals surface area contributed by atoms with Gasteiger partial charge >= 0.3 is 0 Å². The van der Waals surface area contributed by atoms with Crippen LogP contribution in [-0.2, 0) is 6.42 Å². The van der Waals surface area contributed by atoms with Gasteiger partial charge in [-0.05, 0) is 73.9 Å². The maximum atomic E-state index is 12.3. The summed E-state index contributed by atoms with van der Waals surface area (Å²) in [5.74, 6) is 0.455. The van der Waals surface area contributed by atoms with Gasteiger partial charge in [-0.1, -0.05) is 30.7 Å². The molecule has 0 aliphatic rings. The molecule has 7 heteroatoms. The first-order valence-corrected chi connectivity index (χ1v) is 10.6. The zero-order valence-electron chi connectivity index (χ0n) is 16.0. The minimum Gasteiger partial charge on any atom is -0.494 e. The molecule has 5 nitrogen and oxygen atoms in total. The minimum absolute atomic E-state index is 0.226. The van der Waals surface area contributed by atoms with Crippen molar-refractivity contribution in [3.05, 3.63) is 53.6 Å². The minimum atomic E-state index is -0.275. The Morgan fingerprint density at radius 1 is 1.18 bits per heavy atom. The van der Waals surface area contributed by atoms with Crippen molar-refractivity contribution in [3.63, 3.8) is 0 Å². The molecule has 0 radical (unpaired) electrons. The summed E-state index contributed by atoms with van der Waals surface area (Å²) in [7, 11) is 0. The molecule has 0 aliphatic heterocycles. The van der Waals surface area contributed by atoms with E-state index in [1.165, 1.54) is 29.7 Å². The van der Waals surface area contributed by atoms with E-state index in [1.54, 1.807) is 24.3 Å². The number of nitrogens with one attached hydrogen (secondary N) is 2. The standard InChI is InChI=1S/C21H23N3O2S2/c1-3-5-6-14-7-12-17-18(13-14)28-21(22-17)24-20(27)23-19(25)15-8-10-16(11-9-15)26-4-2/h7-13H,3-6H2,1-2H3,(H2,22,23,24,25,27). The second-order valence-corrected chi connectivity index (χ2v) is 7.73. The Hall–Kier alpha value is -2.51. The van der Waals surface area contributed by atoms with E-state index >= 15 is 0 Å². The first kappa shape index (κ1) is 20.2. The summed E-state index contributed by atoms with van der Waals surface area (Å²) >= 11 is 6.79. The Morgan fingerprint density at radius 2 is 1.96 bits per heavy atom. The molecule has 146 valence electrons. The van der Waals surface area contributed by atoms with Crippen molar-refractivity contribution in [1.82, 2.24) is 10.3 Å². The van der Waals surface area contributed by atoms with Crippen LogP contribution in [0.15, 0.2) is 42.5 Å². The Morgan fingerprint density at radius 3 is 2.68 bits per heavy atom. The number of ether oxygens (including phenoxy) is 1. The Labute approximate surface area is 174 Å². The van der Waals surface area contributed by atoms with Crippen LogP contribution in [0.1, 0.15) is 42.6 Å². The van der Waals surface area contributed by atoms with Crippen LogP contribution in [0, 0.1) is 0 Å². The normalized spacial score (nSPS) is 10.6. The predicted octanol–water partition coefficient (Wildman–Crippen LogP) is 5.16. The van der Waals surface area contributed by atoms with Gasteiger partial charge in [-0.15, -0.1) is 0 Å². The largest absolute Gasteiger partial charge is 0.494 e.